The Morgan fingerprint density at radius 1 is 1.00 bits per heavy atom. The number of nitrogens with zero attached hydrogens (tertiary/aromatic N) is 10. The van der Waals surface area contributed by atoms with Gasteiger partial charge < -0.3 is 0 Å². The highest BCUT2D eigenvalue weighted by atomic mass is 16.2. The first kappa shape index (κ1) is 22.3. The van der Waals surface area contributed by atoms with Gasteiger partial charge in [-0.2, -0.15) is 5.21 Å². The quantitative estimate of drug-likeness (QED) is 0.346. The lowest BCUT2D eigenvalue weighted by atomic mass is 10.00. The van der Waals surface area contributed by atoms with Crippen LogP contribution in [0.4, 0.5) is 0 Å². The number of tetrazole rings is 2. The van der Waals surface area contributed by atoms with Crippen molar-refractivity contribution in [3.63, 3.8) is 0 Å². The second kappa shape index (κ2) is 9.79. The van der Waals surface area contributed by atoms with Crippen LogP contribution in [0.5, 0.6) is 0 Å². The van der Waals surface area contributed by atoms with Crippen molar-refractivity contribution in [3.05, 3.63) is 70.7 Å². The van der Waals surface area contributed by atoms with Gasteiger partial charge in [-0.3, -0.25) is 9.55 Å². The summed E-state index contributed by atoms with van der Waals surface area (Å²) in [5, 5.41) is 26.0. The first-order valence-electron chi connectivity index (χ1n) is 11.5. The highest BCUT2D eigenvalue weighted by Gasteiger charge is 2.18. The second-order valence-electron chi connectivity index (χ2n) is 8.16. The van der Waals surface area contributed by atoms with E-state index in [1.165, 1.54) is 4.57 Å². The van der Waals surface area contributed by atoms with Crippen LogP contribution in [-0.2, 0) is 19.5 Å². The van der Waals surface area contributed by atoms with Crippen LogP contribution in [0.25, 0.3) is 28.5 Å². The zero-order chi connectivity index (χ0) is 24.2. The summed E-state index contributed by atoms with van der Waals surface area (Å²) in [6.07, 6.45) is 7.93. The highest BCUT2D eigenvalue weighted by Crippen LogP contribution is 2.26. The number of rotatable bonds is 9. The molecule has 5 aromatic rings. The van der Waals surface area contributed by atoms with Gasteiger partial charge in [0, 0.05) is 36.4 Å². The number of imidazole rings is 1. The number of H-pyrrole nitrogens is 1. The minimum atomic E-state index is -0.178. The SMILES string of the molecule is CCCc1cn(-c2nnnn2CCC)c(=O)n1Cc1cnccc1-c1ccc(-c2nn[nH]n2)cc1. The fourth-order valence-corrected chi connectivity index (χ4v) is 4.11. The van der Waals surface area contributed by atoms with Gasteiger partial charge in [0.05, 0.1) is 6.54 Å². The summed E-state index contributed by atoms with van der Waals surface area (Å²) in [4.78, 5) is 17.9. The van der Waals surface area contributed by atoms with E-state index in [0.29, 0.717) is 24.9 Å². The van der Waals surface area contributed by atoms with E-state index in [4.69, 9.17) is 0 Å². The molecular weight excluding hydrogens is 446 g/mol. The van der Waals surface area contributed by atoms with E-state index in [1.54, 1.807) is 15.4 Å². The molecule has 4 aromatic heterocycles. The Balaban J connectivity index is 1.52. The van der Waals surface area contributed by atoms with Crippen LogP contribution in [0.15, 0.2) is 53.7 Å². The number of nitrogens with one attached hydrogen (secondary N) is 1. The first-order valence-corrected chi connectivity index (χ1v) is 11.5. The smallest absolute Gasteiger partial charge is 0.291 e. The third-order valence-corrected chi connectivity index (χ3v) is 5.76. The van der Waals surface area contributed by atoms with Gasteiger partial charge in [0.2, 0.25) is 5.82 Å². The van der Waals surface area contributed by atoms with Gasteiger partial charge in [-0.05, 0) is 51.2 Å². The topological polar surface area (TPSA) is 138 Å². The van der Waals surface area contributed by atoms with Crippen LogP contribution in [0.3, 0.4) is 0 Å². The molecule has 0 aliphatic heterocycles. The molecule has 4 heterocycles. The lowest BCUT2D eigenvalue weighted by molar-refractivity contribution is 0.562. The maximum absolute atomic E-state index is 13.5. The van der Waals surface area contributed by atoms with E-state index < -0.39 is 0 Å². The monoisotopic (exact) mass is 471 g/mol. The molecule has 0 saturated heterocycles. The lowest BCUT2D eigenvalue weighted by Crippen LogP contribution is -2.27. The normalized spacial score (nSPS) is 11.3. The fourth-order valence-electron chi connectivity index (χ4n) is 4.11. The molecule has 35 heavy (non-hydrogen) atoms. The molecule has 178 valence electrons. The summed E-state index contributed by atoms with van der Waals surface area (Å²) in [5.74, 6) is 0.963. The number of benzene rings is 1. The van der Waals surface area contributed by atoms with Crippen LogP contribution in [0, 0.1) is 0 Å². The zero-order valence-corrected chi connectivity index (χ0v) is 19.5. The summed E-state index contributed by atoms with van der Waals surface area (Å²) < 4.78 is 4.97. The zero-order valence-electron chi connectivity index (χ0n) is 19.5. The largest absolute Gasteiger partial charge is 0.335 e. The highest BCUT2D eigenvalue weighted by molar-refractivity contribution is 5.69. The van der Waals surface area contributed by atoms with Gasteiger partial charge in [0.15, 0.2) is 0 Å². The van der Waals surface area contributed by atoms with Gasteiger partial charge >= 0.3 is 5.69 Å². The molecule has 5 rings (SSSR count). The van der Waals surface area contributed by atoms with Crippen molar-refractivity contribution in [2.24, 2.45) is 0 Å². The predicted octanol–water partition coefficient (Wildman–Crippen LogP) is 2.28. The van der Waals surface area contributed by atoms with E-state index in [0.717, 1.165) is 47.2 Å². The summed E-state index contributed by atoms with van der Waals surface area (Å²) in [5.41, 5.74) is 4.55. The van der Waals surface area contributed by atoms with Gasteiger partial charge in [-0.15, -0.1) is 10.2 Å². The number of hydrogen-bond acceptors (Lipinski definition) is 8. The van der Waals surface area contributed by atoms with Crippen LogP contribution >= 0.6 is 0 Å². The summed E-state index contributed by atoms with van der Waals surface area (Å²) in [6, 6.07) is 9.86. The lowest BCUT2D eigenvalue weighted by Gasteiger charge is -2.12. The third kappa shape index (κ3) is 4.37. The average molecular weight is 472 g/mol. The Kier molecular flexibility index (Phi) is 6.24. The molecule has 1 aromatic carbocycles. The molecule has 0 fully saturated rings. The predicted molar refractivity (Wildman–Crippen MR) is 128 cm³/mol. The second-order valence-corrected chi connectivity index (χ2v) is 8.16. The Morgan fingerprint density at radius 2 is 1.83 bits per heavy atom. The van der Waals surface area contributed by atoms with Crippen LogP contribution in [-0.4, -0.2) is 54.9 Å². The standard InChI is InChI=1S/C23H25N11O/c1-3-5-19-15-33(22-27-30-31-34(22)12-4-2)23(35)32(19)14-18-13-24-11-10-20(18)16-6-8-17(9-7-16)21-25-28-29-26-21/h6-11,13,15H,3-5,12,14H2,1-2H3,(H,25,26,28,29). The van der Waals surface area contributed by atoms with Crippen LogP contribution in [0.1, 0.15) is 37.9 Å². The minimum Gasteiger partial charge on any atom is -0.291 e. The number of pyridine rings is 1. The molecule has 1 N–H and O–H groups in total. The van der Waals surface area contributed by atoms with E-state index in [2.05, 4.69) is 48.1 Å². The average Bonchev–Trinajstić information content (AvgIpc) is 3.63. The molecule has 0 bridgehead atoms. The summed E-state index contributed by atoms with van der Waals surface area (Å²) in [6.45, 7) is 5.15. The Morgan fingerprint density at radius 3 is 2.57 bits per heavy atom. The molecule has 0 spiro atoms. The van der Waals surface area contributed by atoms with Crippen molar-refractivity contribution in [1.82, 2.24) is 54.9 Å². The molecule has 0 aliphatic carbocycles. The molecule has 0 amide bonds. The Bertz CT molecular complexity index is 1460. The Hall–Kier alpha value is -4.48. The van der Waals surface area contributed by atoms with E-state index in [-0.39, 0.29) is 5.69 Å². The van der Waals surface area contributed by atoms with Gasteiger partial charge in [-0.25, -0.2) is 14.0 Å². The molecular formula is C23H25N11O. The molecule has 0 aliphatic rings. The maximum Gasteiger partial charge on any atom is 0.335 e. The molecule has 0 unspecified atom stereocenters. The maximum atomic E-state index is 13.5. The van der Waals surface area contributed by atoms with Crippen molar-refractivity contribution in [3.8, 4) is 28.5 Å². The summed E-state index contributed by atoms with van der Waals surface area (Å²) in [7, 11) is 0. The van der Waals surface area contributed by atoms with Crippen LogP contribution in [0.2, 0.25) is 0 Å². The minimum absolute atomic E-state index is 0.178. The molecule has 12 nitrogen and oxygen atoms in total. The first-order chi connectivity index (χ1) is 17.2. The van der Waals surface area contributed by atoms with E-state index in [1.807, 2.05) is 49.6 Å². The Labute approximate surface area is 200 Å². The van der Waals surface area contributed by atoms with Gasteiger partial charge in [0.1, 0.15) is 0 Å². The van der Waals surface area contributed by atoms with Crippen molar-refractivity contribution < 1.29 is 0 Å². The van der Waals surface area contributed by atoms with Gasteiger partial charge in [-0.1, -0.05) is 49.6 Å². The van der Waals surface area contributed by atoms with Crippen molar-refractivity contribution >= 4 is 0 Å². The number of aromatic amines is 1. The van der Waals surface area contributed by atoms with Crippen LogP contribution < -0.4 is 5.69 Å². The molecule has 0 atom stereocenters. The van der Waals surface area contributed by atoms with Crippen molar-refractivity contribution in [2.45, 2.75) is 46.2 Å². The molecule has 12 heteroatoms. The molecule has 0 saturated carbocycles. The van der Waals surface area contributed by atoms with Gasteiger partial charge in [0.25, 0.3) is 5.95 Å². The summed E-state index contributed by atoms with van der Waals surface area (Å²) >= 11 is 0. The van der Waals surface area contributed by atoms with E-state index in [9.17, 15) is 4.79 Å². The number of aryl methyl sites for hydroxylation is 2. The van der Waals surface area contributed by atoms with Crippen molar-refractivity contribution in [2.75, 3.05) is 0 Å². The van der Waals surface area contributed by atoms with E-state index >= 15 is 0 Å². The van der Waals surface area contributed by atoms with Crippen molar-refractivity contribution in [1.29, 1.82) is 0 Å². The molecule has 0 radical (unpaired) electrons. The number of aromatic nitrogens is 11. The number of hydrogen-bond donors (Lipinski definition) is 1. The fraction of sp³-hybridized carbons (Fsp3) is 0.304. The third-order valence-electron chi connectivity index (χ3n) is 5.76.